The van der Waals surface area contributed by atoms with Gasteiger partial charge in [-0.15, -0.1) is 0 Å². The first-order valence-electron chi connectivity index (χ1n) is 11.7. The lowest BCUT2D eigenvalue weighted by molar-refractivity contribution is 0.0577. The molecule has 34 heavy (non-hydrogen) atoms. The van der Waals surface area contributed by atoms with Crippen molar-refractivity contribution >= 4 is 17.7 Å². The Morgan fingerprint density at radius 1 is 1.09 bits per heavy atom. The number of amides is 2. The van der Waals surface area contributed by atoms with Gasteiger partial charge in [-0.2, -0.15) is 5.10 Å². The second-order valence-electron chi connectivity index (χ2n) is 9.62. The van der Waals surface area contributed by atoms with E-state index in [1.165, 1.54) is 0 Å². The summed E-state index contributed by atoms with van der Waals surface area (Å²) in [5.74, 6) is -0.156. The molecule has 1 aromatic heterocycles. The molecule has 2 aromatic carbocycles. The molecule has 7 nitrogen and oxygen atoms in total. The molecule has 0 atom stereocenters. The molecular formula is C27H32N4O3. The molecule has 1 N–H and O–H groups in total. The number of nitrogens with one attached hydrogen (secondary N) is 1. The number of aromatic nitrogens is 2. The lowest BCUT2D eigenvalue weighted by Gasteiger charge is -2.32. The highest BCUT2D eigenvalue weighted by Gasteiger charge is 2.28. The van der Waals surface area contributed by atoms with Gasteiger partial charge in [-0.1, -0.05) is 42.5 Å². The molecule has 2 heterocycles. The van der Waals surface area contributed by atoms with Crippen molar-refractivity contribution in [1.82, 2.24) is 15.1 Å². The predicted octanol–water partition coefficient (Wildman–Crippen LogP) is 4.63. The normalized spacial score (nSPS) is 13.4. The van der Waals surface area contributed by atoms with Gasteiger partial charge in [-0.05, 0) is 56.4 Å². The molecule has 0 spiro atoms. The number of nitrogens with zero attached hydrogens (tertiary/aromatic N) is 3. The number of hydrogen-bond donors (Lipinski definition) is 1. The van der Waals surface area contributed by atoms with Gasteiger partial charge in [-0.3, -0.25) is 14.4 Å². The third-order valence-electron chi connectivity index (χ3n) is 5.92. The van der Waals surface area contributed by atoms with Gasteiger partial charge in [0.15, 0.2) is 0 Å². The fraction of sp³-hybridized carbons (Fsp3) is 0.370. The van der Waals surface area contributed by atoms with Crippen LogP contribution >= 0.6 is 0 Å². The van der Waals surface area contributed by atoms with E-state index in [2.05, 4.69) is 10.4 Å². The molecule has 2 amide bonds. The molecule has 0 radical (unpaired) electrons. The van der Waals surface area contributed by atoms with Crippen LogP contribution in [0.25, 0.3) is 0 Å². The molecule has 4 rings (SSSR count). The number of ether oxygens (including phenoxy) is 1. The molecule has 0 saturated heterocycles. The Balaban J connectivity index is 1.50. The molecule has 3 aromatic rings. The van der Waals surface area contributed by atoms with Crippen molar-refractivity contribution in [2.75, 3.05) is 11.4 Å². The second kappa shape index (κ2) is 9.71. The highest BCUT2D eigenvalue weighted by Crippen LogP contribution is 2.31. The SMILES string of the molecule is Cn1ncc(C(=O)NCc2cccc3c2CCCN3C(=O)OC(C)(C)C)c1Cc1ccccc1. The van der Waals surface area contributed by atoms with Gasteiger partial charge in [0.2, 0.25) is 0 Å². The largest absolute Gasteiger partial charge is 0.443 e. The topological polar surface area (TPSA) is 76.5 Å². The van der Waals surface area contributed by atoms with Crippen LogP contribution in [-0.4, -0.2) is 33.9 Å². The Labute approximate surface area is 200 Å². The molecule has 0 unspecified atom stereocenters. The van der Waals surface area contributed by atoms with Crippen LogP contribution in [0.3, 0.4) is 0 Å². The van der Waals surface area contributed by atoms with Gasteiger partial charge >= 0.3 is 6.09 Å². The van der Waals surface area contributed by atoms with Gasteiger partial charge in [0, 0.05) is 26.6 Å². The number of benzene rings is 2. The maximum absolute atomic E-state index is 13.1. The van der Waals surface area contributed by atoms with E-state index >= 15 is 0 Å². The summed E-state index contributed by atoms with van der Waals surface area (Å²) in [5, 5.41) is 7.38. The Kier molecular flexibility index (Phi) is 6.72. The van der Waals surface area contributed by atoms with Gasteiger partial charge in [0.25, 0.3) is 5.91 Å². The summed E-state index contributed by atoms with van der Waals surface area (Å²) in [7, 11) is 1.86. The Morgan fingerprint density at radius 2 is 1.85 bits per heavy atom. The summed E-state index contributed by atoms with van der Waals surface area (Å²) in [6, 6.07) is 15.9. The van der Waals surface area contributed by atoms with E-state index < -0.39 is 5.60 Å². The number of carbonyl (C=O) groups excluding carboxylic acids is 2. The third-order valence-corrected chi connectivity index (χ3v) is 5.92. The fourth-order valence-electron chi connectivity index (χ4n) is 4.29. The summed E-state index contributed by atoms with van der Waals surface area (Å²) in [4.78, 5) is 27.5. The highest BCUT2D eigenvalue weighted by atomic mass is 16.6. The molecule has 1 aliphatic rings. The second-order valence-corrected chi connectivity index (χ2v) is 9.62. The van der Waals surface area contributed by atoms with Crippen LogP contribution in [-0.2, 0) is 31.2 Å². The first-order chi connectivity index (χ1) is 16.2. The fourth-order valence-corrected chi connectivity index (χ4v) is 4.29. The zero-order valence-electron chi connectivity index (χ0n) is 20.3. The smallest absolute Gasteiger partial charge is 0.414 e. The summed E-state index contributed by atoms with van der Waals surface area (Å²) in [6.45, 7) is 6.60. The summed E-state index contributed by atoms with van der Waals surface area (Å²) >= 11 is 0. The number of aryl methyl sites for hydroxylation is 1. The Morgan fingerprint density at radius 3 is 2.59 bits per heavy atom. The van der Waals surface area contributed by atoms with Gasteiger partial charge < -0.3 is 10.1 Å². The van der Waals surface area contributed by atoms with E-state index in [-0.39, 0.29) is 12.0 Å². The quantitative estimate of drug-likeness (QED) is 0.602. The van der Waals surface area contributed by atoms with Gasteiger partial charge in [0.1, 0.15) is 5.60 Å². The lowest BCUT2D eigenvalue weighted by Crippen LogP contribution is -2.40. The maximum Gasteiger partial charge on any atom is 0.414 e. The van der Waals surface area contributed by atoms with Crippen molar-refractivity contribution < 1.29 is 14.3 Å². The number of carbonyl (C=O) groups is 2. The predicted molar refractivity (Wildman–Crippen MR) is 132 cm³/mol. The van der Waals surface area contributed by atoms with Crippen molar-refractivity contribution in [3.8, 4) is 0 Å². The molecule has 0 aliphatic carbocycles. The average molecular weight is 461 g/mol. The van der Waals surface area contributed by atoms with E-state index in [0.717, 1.165) is 40.9 Å². The van der Waals surface area contributed by atoms with E-state index in [1.807, 2.05) is 76.3 Å². The molecule has 0 bridgehead atoms. The van der Waals surface area contributed by atoms with Gasteiger partial charge in [0.05, 0.1) is 23.1 Å². The number of fused-ring (bicyclic) bond motifs is 1. The van der Waals surface area contributed by atoms with E-state index in [1.54, 1.807) is 15.8 Å². The highest BCUT2D eigenvalue weighted by molar-refractivity contribution is 5.95. The molecule has 178 valence electrons. The van der Waals surface area contributed by atoms with Crippen molar-refractivity contribution in [2.45, 2.75) is 52.2 Å². The molecule has 0 saturated carbocycles. The molecule has 1 aliphatic heterocycles. The first-order valence-corrected chi connectivity index (χ1v) is 11.7. The van der Waals surface area contributed by atoms with Crippen LogP contribution in [0.2, 0.25) is 0 Å². The van der Waals surface area contributed by atoms with E-state index in [9.17, 15) is 9.59 Å². The number of rotatable bonds is 5. The lowest BCUT2D eigenvalue weighted by atomic mass is 9.96. The van der Waals surface area contributed by atoms with Crippen molar-refractivity contribution in [2.24, 2.45) is 7.05 Å². The van der Waals surface area contributed by atoms with Crippen LogP contribution < -0.4 is 10.2 Å². The first kappa shape index (κ1) is 23.5. The van der Waals surface area contributed by atoms with Crippen molar-refractivity contribution in [3.05, 3.63) is 82.7 Å². The summed E-state index contributed by atoms with van der Waals surface area (Å²) in [6.07, 6.45) is 3.62. The van der Waals surface area contributed by atoms with Crippen LogP contribution in [0.5, 0.6) is 0 Å². The van der Waals surface area contributed by atoms with Crippen LogP contribution in [0.1, 0.15) is 59.9 Å². The minimum atomic E-state index is -0.554. The summed E-state index contributed by atoms with van der Waals surface area (Å²) < 4.78 is 7.36. The molecule has 0 fully saturated rings. The van der Waals surface area contributed by atoms with Gasteiger partial charge in [-0.25, -0.2) is 4.79 Å². The Bertz CT molecular complexity index is 1180. The minimum absolute atomic E-state index is 0.156. The van der Waals surface area contributed by atoms with Crippen LogP contribution in [0.4, 0.5) is 10.5 Å². The van der Waals surface area contributed by atoms with E-state index in [0.29, 0.717) is 25.1 Å². The maximum atomic E-state index is 13.1. The van der Waals surface area contributed by atoms with Crippen molar-refractivity contribution in [1.29, 1.82) is 0 Å². The molecule has 7 heteroatoms. The minimum Gasteiger partial charge on any atom is -0.443 e. The monoisotopic (exact) mass is 460 g/mol. The van der Waals surface area contributed by atoms with Crippen molar-refractivity contribution in [3.63, 3.8) is 0 Å². The van der Waals surface area contributed by atoms with Crippen LogP contribution in [0.15, 0.2) is 54.7 Å². The van der Waals surface area contributed by atoms with E-state index in [4.69, 9.17) is 4.74 Å². The number of anilines is 1. The third kappa shape index (κ3) is 5.30. The van der Waals surface area contributed by atoms with Crippen LogP contribution in [0, 0.1) is 0 Å². The zero-order valence-corrected chi connectivity index (χ0v) is 20.3. The number of hydrogen-bond acceptors (Lipinski definition) is 4. The Hall–Kier alpha value is -3.61. The standard InChI is InChI=1S/C27H32N4O3/c1-27(2,3)34-26(33)31-15-9-13-21-20(12-8-14-23(21)31)17-28-25(32)22-18-29-30(4)24(22)16-19-10-6-5-7-11-19/h5-8,10-12,14,18H,9,13,15-17H2,1-4H3,(H,28,32). The average Bonchev–Trinajstić information content (AvgIpc) is 3.16. The molecular weight excluding hydrogens is 428 g/mol. The zero-order chi connectivity index (χ0) is 24.3. The summed E-state index contributed by atoms with van der Waals surface area (Å²) in [5.41, 5.74) is 4.96.